The number of fused-ring (bicyclic) bond motifs is 1. The lowest BCUT2D eigenvalue weighted by Crippen LogP contribution is -2.45. The minimum Gasteiger partial charge on any atom is -0.454 e. The Hall–Kier alpha value is -2.54. The molecule has 0 unspecified atom stereocenters. The van der Waals surface area contributed by atoms with Gasteiger partial charge in [-0.15, -0.1) is 11.3 Å². The number of hydrogen-bond donors (Lipinski definition) is 0. The Morgan fingerprint density at radius 3 is 2.47 bits per heavy atom. The highest BCUT2D eigenvalue weighted by Gasteiger charge is 2.25. The Morgan fingerprint density at radius 2 is 1.81 bits per heavy atom. The van der Waals surface area contributed by atoms with Crippen LogP contribution in [0.2, 0.25) is 0 Å². The van der Waals surface area contributed by atoms with E-state index in [2.05, 4.69) is 26.8 Å². The first-order valence-electron chi connectivity index (χ1n) is 11.3. The number of benzene rings is 1. The van der Waals surface area contributed by atoms with Gasteiger partial charge >= 0.3 is 0 Å². The molecule has 32 heavy (non-hydrogen) atoms. The lowest BCUT2D eigenvalue weighted by Gasteiger charge is -2.30. The smallest absolute Gasteiger partial charge is 0.242 e. The maximum absolute atomic E-state index is 13.5. The predicted molar refractivity (Wildman–Crippen MR) is 127 cm³/mol. The molecule has 1 aromatic carbocycles. The molecule has 0 N–H and O–H groups in total. The second kappa shape index (κ2) is 10.9. The molecule has 2 aromatic rings. The van der Waals surface area contributed by atoms with E-state index in [1.165, 1.54) is 5.56 Å². The van der Waals surface area contributed by atoms with Gasteiger partial charge in [-0.05, 0) is 47.5 Å². The summed E-state index contributed by atoms with van der Waals surface area (Å²) in [6.45, 7) is 11.9. The van der Waals surface area contributed by atoms with E-state index in [1.54, 1.807) is 16.2 Å². The van der Waals surface area contributed by atoms with E-state index in [-0.39, 0.29) is 31.1 Å². The van der Waals surface area contributed by atoms with E-state index in [0.717, 1.165) is 22.6 Å². The summed E-state index contributed by atoms with van der Waals surface area (Å²) >= 11 is 1.65. The number of nitrogens with zero attached hydrogens (tertiary/aromatic N) is 2. The molecule has 174 valence electrons. The molecule has 1 aromatic heterocycles. The quantitative estimate of drug-likeness (QED) is 0.511. The normalized spacial score (nSPS) is 13.3. The van der Waals surface area contributed by atoms with Gasteiger partial charge in [-0.1, -0.05) is 40.2 Å². The highest BCUT2D eigenvalue weighted by atomic mass is 32.1. The molecule has 0 aliphatic carbocycles. The molecule has 0 bridgehead atoms. The third-order valence-electron chi connectivity index (χ3n) is 5.83. The number of ether oxygens (including phenoxy) is 2. The van der Waals surface area contributed by atoms with Crippen LogP contribution in [0.4, 0.5) is 0 Å². The van der Waals surface area contributed by atoms with Crippen LogP contribution in [-0.4, -0.2) is 41.5 Å². The highest BCUT2D eigenvalue weighted by molar-refractivity contribution is 7.10. The summed E-state index contributed by atoms with van der Waals surface area (Å²) in [6.07, 6.45) is 0.964. The highest BCUT2D eigenvalue weighted by Crippen LogP contribution is 2.33. The van der Waals surface area contributed by atoms with Crippen LogP contribution in [0.25, 0.3) is 0 Å². The molecule has 0 fully saturated rings. The minimum absolute atomic E-state index is 0.0222. The first kappa shape index (κ1) is 24.1. The molecule has 1 atom stereocenters. The summed E-state index contributed by atoms with van der Waals surface area (Å²) in [5.41, 5.74) is 2.15. The van der Waals surface area contributed by atoms with Crippen molar-refractivity contribution >= 4 is 23.2 Å². The lowest BCUT2D eigenvalue weighted by molar-refractivity contribution is -0.143. The van der Waals surface area contributed by atoms with Gasteiger partial charge in [0.2, 0.25) is 18.6 Å². The average molecular weight is 459 g/mol. The van der Waals surface area contributed by atoms with Gasteiger partial charge in [0.05, 0.1) is 13.1 Å². The Morgan fingerprint density at radius 1 is 1.06 bits per heavy atom. The Labute approximate surface area is 195 Å². The molecule has 0 spiro atoms. The van der Waals surface area contributed by atoms with Crippen LogP contribution in [0.5, 0.6) is 11.5 Å². The maximum Gasteiger partial charge on any atom is 0.242 e. The van der Waals surface area contributed by atoms with Crippen LogP contribution < -0.4 is 9.47 Å². The SMILES string of the molecule is CC[C@H](C)CN(CC(=O)N(Cc1ccc2c(c1)OCO2)Cc1sccc1C)C(=O)C(C)C. The van der Waals surface area contributed by atoms with Gasteiger partial charge < -0.3 is 19.3 Å². The summed E-state index contributed by atoms with van der Waals surface area (Å²) in [6, 6.07) is 7.85. The summed E-state index contributed by atoms with van der Waals surface area (Å²) in [4.78, 5) is 31.1. The molecule has 0 saturated carbocycles. The summed E-state index contributed by atoms with van der Waals surface area (Å²) < 4.78 is 10.9. The van der Waals surface area contributed by atoms with Crippen LogP contribution in [-0.2, 0) is 22.7 Å². The summed E-state index contributed by atoms with van der Waals surface area (Å²) in [5.74, 6) is 1.60. The van der Waals surface area contributed by atoms with Crippen molar-refractivity contribution in [1.29, 1.82) is 0 Å². The van der Waals surface area contributed by atoms with E-state index < -0.39 is 0 Å². The van der Waals surface area contributed by atoms with E-state index in [9.17, 15) is 9.59 Å². The van der Waals surface area contributed by atoms with Crippen molar-refractivity contribution in [2.24, 2.45) is 11.8 Å². The van der Waals surface area contributed by atoms with Gasteiger partial charge in [0.15, 0.2) is 11.5 Å². The second-order valence-corrected chi connectivity index (χ2v) is 9.85. The molecule has 1 aliphatic rings. The molecular formula is C25H34N2O4S. The van der Waals surface area contributed by atoms with Crippen molar-refractivity contribution in [3.05, 3.63) is 45.6 Å². The third kappa shape index (κ3) is 6.03. The molecule has 3 rings (SSSR count). The van der Waals surface area contributed by atoms with Crippen LogP contribution in [0.3, 0.4) is 0 Å². The number of aryl methyl sites for hydroxylation is 1. The first-order chi connectivity index (χ1) is 15.3. The topological polar surface area (TPSA) is 59.1 Å². The van der Waals surface area contributed by atoms with E-state index in [0.29, 0.717) is 31.3 Å². The molecule has 0 radical (unpaired) electrons. The molecule has 6 nitrogen and oxygen atoms in total. The second-order valence-electron chi connectivity index (χ2n) is 8.85. The maximum atomic E-state index is 13.5. The van der Waals surface area contributed by atoms with E-state index >= 15 is 0 Å². The van der Waals surface area contributed by atoms with Crippen molar-refractivity contribution < 1.29 is 19.1 Å². The van der Waals surface area contributed by atoms with E-state index in [4.69, 9.17) is 9.47 Å². The molecule has 7 heteroatoms. The largest absolute Gasteiger partial charge is 0.454 e. The third-order valence-corrected chi connectivity index (χ3v) is 6.83. The van der Waals surface area contributed by atoms with Crippen LogP contribution in [0.15, 0.2) is 29.6 Å². The van der Waals surface area contributed by atoms with Gasteiger partial charge in [0.1, 0.15) is 0 Å². The van der Waals surface area contributed by atoms with Gasteiger partial charge in [0.25, 0.3) is 0 Å². The molecular weight excluding hydrogens is 424 g/mol. The molecule has 0 saturated heterocycles. The average Bonchev–Trinajstić information content (AvgIpc) is 3.40. The van der Waals surface area contributed by atoms with Crippen molar-refractivity contribution in [1.82, 2.24) is 9.80 Å². The number of thiophene rings is 1. The monoisotopic (exact) mass is 458 g/mol. The van der Waals surface area contributed by atoms with Crippen LogP contribution in [0.1, 0.15) is 50.1 Å². The number of rotatable bonds is 10. The van der Waals surface area contributed by atoms with Crippen LogP contribution in [0, 0.1) is 18.8 Å². The Bertz CT molecular complexity index is 940. The molecule has 1 aliphatic heterocycles. The number of amides is 2. The predicted octanol–water partition coefficient (Wildman–Crippen LogP) is 4.84. The zero-order chi connectivity index (χ0) is 23.3. The van der Waals surface area contributed by atoms with Gasteiger partial charge in [-0.2, -0.15) is 0 Å². The lowest BCUT2D eigenvalue weighted by atomic mass is 10.1. The van der Waals surface area contributed by atoms with Crippen molar-refractivity contribution in [3.8, 4) is 11.5 Å². The Balaban J connectivity index is 1.81. The molecule has 2 amide bonds. The standard InChI is InChI=1S/C25H34N2O4S/c1-6-18(4)12-27(25(29)17(2)3)15-24(28)26(14-23-19(5)9-10-32-23)13-20-7-8-21-22(11-20)31-16-30-21/h7-11,17-18H,6,12-16H2,1-5H3/t18-/m0/s1. The zero-order valence-corrected chi connectivity index (χ0v) is 20.5. The van der Waals surface area contributed by atoms with Crippen molar-refractivity contribution in [2.45, 2.75) is 54.1 Å². The number of carbonyl (C=O) groups is 2. The summed E-state index contributed by atoms with van der Waals surface area (Å²) in [7, 11) is 0. The van der Waals surface area contributed by atoms with Crippen LogP contribution >= 0.6 is 11.3 Å². The van der Waals surface area contributed by atoms with Crippen molar-refractivity contribution in [3.63, 3.8) is 0 Å². The van der Waals surface area contributed by atoms with Crippen molar-refractivity contribution in [2.75, 3.05) is 19.9 Å². The van der Waals surface area contributed by atoms with Gasteiger partial charge in [-0.25, -0.2) is 0 Å². The van der Waals surface area contributed by atoms with E-state index in [1.807, 2.05) is 42.3 Å². The molecule has 2 heterocycles. The minimum atomic E-state index is -0.145. The fourth-order valence-electron chi connectivity index (χ4n) is 3.60. The zero-order valence-electron chi connectivity index (χ0n) is 19.7. The number of hydrogen-bond acceptors (Lipinski definition) is 5. The van der Waals surface area contributed by atoms with Gasteiger partial charge in [0, 0.05) is 23.9 Å². The summed E-state index contributed by atoms with van der Waals surface area (Å²) in [5, 5.41) is 2.05. The number of carbonyl (C=O) groups excluding carboxylic acids is 2. The Kier molecular flexibility index (Phi) is 8.18. The van der Waals surface area contributed by atoms with Gasteiger partial charge in [-0.3, -0.25) is 9.59 Å². The fraction of sp³-hybridized carbons (Fsp3) is 0.520. The fourth-order valence-corrected chi connectivity index (χ4v) is 4.52. The first-order valence-corrected chi connectivity index (χ1v) is 12.1.